The van der Waals surface area contributed by atoms with Crippen LogP contribution in [0.2, 0.25) is 0 Å². The van der Waals surface area contributed by atoms with E-state index in [2.05, 4.69) is 20.9 Å². The van der Waals surface area contributed by atoms with Crippen molar-refractivity contribution in [3.05, 3.63) is 87.8 Å². The summed E-state index contributed by atoms with van der Waals surface area (Å²) in [6.07, 6.45) is 2.63. The molecule has 0 spiro atoms. The summed E-state index contributed by atoms with van der Waals surface area (Å²) in [6, 6.07) is 16.0. The fraction of sp³-hybridized carbons (Fsp3) is 0.190. The number of aryl methyl sites for hydroxylation is 2. The fourth-order valence-corrected chi connectivity index (χ4v) is 5.56. The quantitative estimate of drug-likeness (QED) is 0.414. The second-order valence-electron chi connectivity index (χ2n) is 6.71. The van der Waals surface area contributed by atoms with Gasteiger partial charge < -0.3 is 9.72 Å². The highest BCUT2D eigenvalue weighted by Crippen LogP contribution is 2.35. The summed E-state index contributed by atoms with van der Waals surface area (Å²) in [5, 5.41) is 0. The van der Waals surface area contributed by atoms with Crippen molar-refractivity contribution in [1.29, 1.82) is 0 Å². The number of aromatic amines is 1. The molecule has 8 heteroatoms. The maximum Gasteiger partial charge on any atom is 0.254 e. The lowest BCUT2D eigenvalue weighted by molar-refractivity contribution is 0.482. The lowest BCUT2D eigenvalue weighted by Crippen LogP contribution is -2.34. The monoisotopic (exact) mass is 476 g/mol. The van der Waals surface area contributed by atoms with E-state index in [-0.39, 0.29) is 5.56 Å². The molecule has 3 aromatic rings. The van der Waals surface area contributed by atoms with Gasteiger partial charge in [0, 0.05) is 6.20 Å². The number of sulfonamides is 1. The Morgan fingerprint density at radius 1 is 0.966 bits per heavy atom. The molecule has 0 amide bonds. The third-order valence-corrected chi connectivity index (χ3v) is 6.64. The third kappa shape index (κ3) is 4.89. The predicted octanol–water partition coefficient (Wildman–Crippen LogP) is 4.64. The van der Waals surface area contributed by atoms with Gasteiger partial charge in [-0.25, -0.2) is 8.42 Å². The molecule has 0 bridgehead atoms. The van der Waals surface area contributed by atoms with Gasteiger partial charge in [-0.1, -0.05) is 33.6 Å². The normalized spacial score (nSPS) is 12.4. The first-order valence-electron chi connectivity index (χ1n) is 8.83. The first kappa shape index (κ1) is 21.1. The number of ether oxygens (including phenoxy) is 1. The van der Waals surface area contributed by atoms with Crippen molar-refractivity contribution in [3.63, 3.8) is 0 Å². The molecule has 1 N–H and O–H groups in total. The Hall–Kier alpha value is -2.58. The Morgan fingerprint density at radius 2 is 1.52 bits per heavy atom. The van der Waals surface area contributed by atoms with Gasteiger partial charge in [0.15, 0.2) is 0 Å². The second-order valence-corrected chi connectivity index (χ2v) is 9.43. The minimum absolute atomic E-state index is 0.331. The largest absolute Gasteiger partial charge is 0.457 e. The van der Waals surface area contributed by atoms with Crippen molar-refractivity contribution in [2.75, 3.05) is 10.6 Å². The van der Waals surface area contributed by atoms with E-state index >= 15 is 0 Å². The van der Waals surface area contributed by atoms with Crippen LogP contribution >= 0.6 is 15.9 Å². The van der Waals surface area contributed by atoms with Gasteiger partial charge in [0.1, 0.15) is 16.5 Å². The number of hydrogen-bond donors (Lipinski definition) is 1. The summed E-state index contributed by atoms with van der Waals surface area (Å²) in [7, 11) is -3.68. The lowest BCUT2D eigenvalue weighted by Gasteiger charge is -2.28. The van der Waals surface area contributed by atoms with Gasteiger partial charge in [-0.05, 0) is 61.9 Å². The van der Waals surface area contributed by atoms with Crippen LogP contribution in [0.15, 0.2) is 65.6 Å². The van der Waals surface area contributed by atoms with Crippen LogP contribution in [0.25, 0.3) is 0 Å². The zero-order valence-electron chi connectivity index (χ0n) is 16.2. The highest BCUT2D eigenvalue weighted by atomic mass is 79.9. The number of benzene rings is 2. The van der Waals surface area contributed by atoms with Crippen molar-refractivity contribution in [2.45, 2.75) is 18.8 Å². The molecular formula is C21H21BrN2O4S. The van der Waals surface area contributed by atoms with E-state index in [4.69, 9.17) is 4.74 Å². The summed E-state index contributed by atoms with van der Waals surface area (Å²) in [4.78, 5) is 14.0. The maximum absolute atomic E-state index is 12.5. The average molecular weight is 477 g/mol. The second kappa shape index (κ2) is 8.42. The Labute approximate surface area is 178 Å². The van der Waals surface area contributed by atoms with Gasteiger partial charge in [0.2, 0.25) is 10.0 Å². The molecule has 6 nitrogen and oxygen atoms in total. The van der Waals surface area contributed by atoms with E-state index in [0.717, 1.165) is 11.8 Å². The average Bonchev–Trinajstić information content (AvgIpc) is 2.64. The van der Waals surface area contributed by atoms with Gasteiger partial charge in [0.05, 0.1) is 17.5 Å². The SMILES string of the molecule is Cc1ccc(Oc2ccc(N(C(Br)c3c(C)cc[nH]c3=O)S(C)(=O)=O)cc2)cc1. The summed E-state index contributed by atoms with van der Waals surface area (Å²) >= 11 is 3.40. The number of halogens is 1. The molecule has 2 aromatic carbocycles. The molecule has 3 rings (SSSR count). The topological polar surface area (TPSA) is 79.5 Å². The third-order valence-electron chi connectivity index (χ3n) is 4.37. The van der Waals surface area contributed by atoms with Crippen LogP contribution in [-0.4, -0.2) is 19.7 Å². The van der Waals surface area contributed by atoms with Crippen molar-refractivity contribution >= 4 is 31.6 Å². The van der Waals surface area contributed by atoms with Crippen LogP contribution in [0.5, 0.6) is 11.5 Å². The molecule has 1 heterocycles. The van der Waals surface area contributed by atoms with Crippen LogP contribution in [0.4, 0.5) is 5.69 Å². The van der Waals surface area contributed by atoms with Gasteiger partial charge in [-0.2, -0.15) is 0 Å². The summed E-state index contributed by atoms with van der Waals surface area (Å²) in [5.74, 6) is 1.26. The molecule has 0 fully saturated rings. The molecule has 152 valence electrons. The number of anilines is 1. The maximum atomic E-state index is 12.5. The minimum Gasteiger partial charge on any atom is -0.457 e. The number of rotatable bonds is 6. The van der Waals surface area contributed by atoms with Crippen molar-refractivity contribution in [3.8, 4) is 11.5 Å². The number of H-pyrrole nitrogens is 1. The van der Waals surface area contributed by atoms with E-state index in [0.29, 0.717) is 28.3 Å². The number of aromatic nitrogens is 1. The van der Waals surface area contributed by atoms with Crippen molar-refractivity contribution in [2.24, 2.45) is 0 Å². The number of alkyl halides is 1. The van der Waals surface area contributed by atoms with Crippen molar-refractivity contribution < 1.29 is 13.2 Å². The summed E-state index contributed by atoms with van der Waals surface area (Å²) < 4.78 is 32.0. The molecule has 1 unspecified atom stereocenters. The molecule has 0 radical (unpaired) electrons. The molecule has 0 aliphatic rings. The van der Waals surface area contributed by atoms with E-state index in [1.165, 1.54) is 10.5 Å². The Morgan fingerprint density at radius 3 is 2.03 bits per heavy atom. The highest BCUT2D eigenvalue weighted by Gasteiger charge is 2.29. The Kier molecular flexibility index (Phi) is 6.14. The molecule has 0 aliphatic heterocycles. The van der Waals surface area contributed by atoms with Crippen LogP contribution in [0.1, 0.15) is 21.6 Å². The summed E-state index contributed by atoms with van der Waals surface area (Å²) in [5.41, 5.74) is 2.21. The molecule has 0 saturated carbocycles. The lowest BCUT2D eigenvalue weighted by atomic mass is 10.1. The van der Waals surface area contributed by atoms with E-state index in [1.54, 1.807) is 37.3 Å². The Balaban J connectivity index is 1.94. The molecule has 0 saturated heterocycles. The van der Waals surface area contributed by atoms with Crippen LogP contribution in [0.3, 0.4) is 0 Å². The zero-order valence-corrected chi connectivity index (χ0v) is 18.6. The molecule has 1 aromatic heterocycles. The van der Waals surface area contributed by atoms with Crippen LogP contribution in [-0.2, 0) is 10.0 Å². The smallest absolute Gasteiger partial charge is 0.254 e. The van der Waals surface area contributed by atoms with Crippen LogP contribution in [0, 0.1) is 13.8 Å². The number of nitrogens with zero attached hydrogens (tertiary/aromatic N) is 1. The van der Waals surface area contributed by atoms with Gasteiger partial charge >= 0.3 is 0 Å². The molecular weight excluding hydrogens is 456 g/mol. The van der Waals surface area contributed by atoms with Crippen molar-refractivity contribution in [1.82, 2.24) is 4.98 Å². The number of hydrogen-bond acceptors (Lipinski definition) is 4. The summed E-state index contributed by atoms with van der Waals surface area (Å²) in [6.45, 7) is 3.76. The first-order valence-corrected chi connectivity index (χ1v) is 11.6. The molecule has 0 aliphatic carbocycles. The van der Waals surface area contributed by atoms with Crippen LogP contribution < -0.4 is 14.6 Å². The van der Waals surface area contributed by atoms with E-state index < -0.39 is 15.0 Å². The molecule has 29 heavy (non-hydrogen) atoms. The van der Waals surface area contributed by atoms with Gasteiger partial charge in [-0.3, -0.25) is 9.10 Å². The van der Waals surface area contributed by atoms with Gasteiger partial charge in [0.25, 0.3) is 5.56 Å². The zero-order chi connectivity index (χ0) is 21.2. The first-order chi connectivity index (χ1) is 13.7. The Bertz CT molecular complexity index is 1160. The molecule has 1 atom stereocenters. The standard InChI is InChI=1S/C21H21BrN2O4S/c1-14-4-8-17(9-5-14)28-18-10-6-16(7-11-18)24(29(3,26)27)20(22)19-15(2)12-13-23-21(19)25/h4-13,20H,1-3H3,(H,23,25). The number of nitrogens with one attached hydrogen (secondary N) is 1. The fourth-order valence-electron chi connectivity index (χ4n) is 2.90. The van der Waals surface area contributed by atoms with Gasteiger partial charge in [-0.15, -0.1) is 0 Å². The predicted molar refractivity (Wildman–Crippen MR) is 118 cm³/mol. The number of pyridine rings is 1. The van der Waals surface area contributed by atoms with E-state index in [1.807, 2.05) is 31.2 Å². The minimum atomic E-state index is -3.68. The van der Waals surface area contributed by atoms with E-state index in [9.17, 15) is 13.2 Å². The highest BCUT2D eigenvalue weighted by molar-refractivity contribution is 9.09.